The number of nitrogens with one attached hydrogen (secondary N) is 2. The van der Waals surface area contributed by atoms with Crippen molar-refractivity contribution in [1.29, 1.82) is 0 Å². The minimum atomic E-state index is 0.114. The summed E-state index contributed by atoms with van der Waals surface area (Å²) in [6.45, 7) is 5.29. The van der Waals surface area contributed by atoms with E-state index in [0.717, 1.165) is 17.4 Å². The number of hydrogen-bond donors (Lipinski definition) is 2. The fourth-order valence-electron chi connectivity index (χ4n) is 1.76. The van der Waals surface area contributed by atoms with E-state index in [1.165, 1.54) is 19.3 Å². The van der Waals surface area contributed by atoms with Crippen LogP contribution in [0.1, 0.15) is 32.1 Å². The Morgan fingerprint density at radius 3 is 2.93 bits per heavy atom. The zero-order chi connectivity index (χ0) is 11.1. The van der Waals surface area contributed by atoms with E-state index in [2.05, 4.69) is 33.1 Å². The molecule has 86 valence electrons. The lowest BCUT2D eigenvalue weighted by Crippen LogP contribution is -2.35. The summed E-state index contributed by atoms with van der Waals surface area (Å²) in [5.74, 6) is 0.114. The first kappa shape index (κ1) is 12.7. The number of halogens is 1. The lowest BCUT2D eigenvalue weighted by Gasteiger charge is -2.22. The minimum absolute atomic E-state index is 0.114. The van der Waals surface area contributed by atoms with Crippen LogP contribution in [0.2, 0.25) is 0 Å². The van der Waals surface area contributed by atoms with Gasteiger partial charge in [-0.15, -0.1) is 0 Å². The third-order valence-corrected chi connectivity index (χ3v) is 2.89. The lowest BCUT2D eigenvalue weighted by atomic mass is 10.0. The molecule has 0 saturated carbocycles. The topological polar surface area (TPSA) is 41.1 Å². The van der Waals surface area contributed by atoms with Gasteiger partial charge in [-0.25, -0.2) is 0 Å². The van der Waals surface area contributed by atoms with E-state index < -0.39 is 0 Å². The molecule has 3 nitrogen and oxygen atoms in total. The zero-order valence-corrected chi connectivity index (χ0v) is 10.6. The standard InChI is InChI=1S/C11H19BrN2O/c1-9(12)8-14-11(15)6-5-10-4-2-3-7-13-10/h10,13H,1-8H2,(H,14,15). The molecule has 1 atom stereocenters. The third kappa shape index (κ3) is 5.95. The van der Waals surface area contributed by atoms with Gasteiger partial charge in [-0.05, 0) is 25.8 Å². The van der Waals surface area contributed by atoms with E-state index in [4.69, 9.17) is 0 Å². The summed E-state index contributed by atoms with van der Waals surface area (Å²) in [4.78, 5) is 11.4. The summed E-state index contributed by atoms with van der Waals surface area (Å²) in [6, 6.07) is 0.539. The lowest BCUT2D eigenvalue weighted by molar-refractivity contribution is -0.121. The average Bonchev–Trinajstić information content (AvgIpc) is 2.25. The van der Waals surface area contributed by atoms with Crippen LogP contribution in [-0.4, -0.2) is 25.0 Å². The Balaban J connectivity index is 2.07. The Kier molecular flexibility index (Phi) is 5.95. The molecule has 2 N–H and O–H groups in total. The van der Waals surface area contributed by atoms with Gasteiger partial charge < -0.3 is 10.6 Å². The maximum atomic E-state index is 11.4. The first-order valence-electron chi connectivity index (χ1n) is 5.52. The molecule has 1 aliphatic heterocycles. The predicted molar refractivity (Wildman–Crippen MR) is 66.0 cm³/mol. The third-order valence-electron chi connectivity index (χ3n) is 2.61. The number of piperidine rings is 1. The second kappa shape index (κ2) is 7.01. The van der Waals surface area contributed by atoms with Crippen LogP contribution in [0.5, 0.6) is 0 Å². The quantitative estimate of drug-likeness (QED) is 0.805. The SMILES string of the molecule is C=C(Br)CNC(=O)CCC1CCCCN1. The van der Waals surface area contributed by atoms with Crippen molar-refractivity contribution in [2.24, 2.45) is 0 Å². The van der Waals surface area contributed by atoms with E-state index in [-0.39, 0.29) is 5.91 Å². The van der Waals surface area contributed by atoms with Gasteiger partial charge in [0.25, 0.3) is 0 Å². The fourth-order valence-corrected chi connectivity index (χ4v) is 1.90. The van der Waals surface area contributed by atoms with Gasteiger partial charge >= 0.3 is 0 Å². The summed E-state index contributed by atoms with van der Waals surface area (Å²) in [5, 5.41) is 6.24. The van der Waals surface area contributed by atoms with Crippen LogP contribution in [0, 0.1) is 0 Å². The zero-order valence-electron chi connectivity index (χ0n) is 9.02. The number of carbonyl (C=O) groups is 1. The number of hydrogen-bond acceptors (Lipinski definition) is 2. The van der Waals surface area contributed by atoms with Crippen molar-refractivity contribution in [3.05, 3.63) is 11.1 Å². The Hall–Kier alpha value is -0.350. The molecule has 0 radical (unpaired) electrons. The molecule has 0 spiro atoms. The second-order valence-electron chi connectivity index (χ2n) is 3.98. The summed E-state index contributed by atoms with van der Waals surface area (Å²) < 4.78 is 0.812. The molecule has 1 fully saturated rings. The Labute approximate surface area is 99.8 Å². The Morgan fingerprint density at radius 1 is 1.53 bits per heavy atom. The molecule has 0 bridgehead atoms. The fraction of sp³-hybridized carbons (Fsp3) is 0.727. The van der Waals surface area contributed by atoms with Gasteiger partial charge in [0.1, 0.15) is 0 Å². The van der Waals surface area contributed by atoms with Gasteiger partial charge in [-0.1, -0.05) is 28.9 Å². The van der Waals surface area contributed by atoms with E-state index >= 15 is 0 Å². The molecule has 1 aliphatic rings. The largest absolute Gasteiger partial charge is 0.352 e. The van der Waals surface area contributed by atoms with Crippen molar-refractivity contribution < 1.29 is 4.79 Å². The summed E-state index contributed by atoms with van der Waals surface area (Å²) in [5.41, 5.74) is 0. The molecule has 0 aliphatic carbocycles. The number of rotatable bonds is 5. The van der Waals surface area contributed by atoms with E-state index in [9.17, 15) is 4.79 Å². The van der Waals surface area contributed by atoms with Gasteiger partial charge in [0.15, 0.2) is 0 Å². The van der Waals surface area contributed by atoms with Crippen LogP contribution in [-0.2, 0) is 4.79 Å². The van der Waals surface area contributed by atoms with Crippen molar-refractivity contribution in [3.8, 4) is 0 Å². The van der Waals surface area contributed by atoms with E-state index in [1.807, 2.05) is 0 Å². The molecule has 0 aromatic carbocycles. The van der Waals surface area contributed by atoms with Crippen molar-refractivity contribution in [2.45, 2.75) is 38.1 Å². The Bertz CT molecular complexity index is 225. The van der Waals surface area contributed by atoms with Crippen LogP contribution in [0.25, 0.3) is 0 Å². The van der Waals surface area contributed by atoms with Crippen molar-refractivity contribution >= 4 is 21.8 Å². The highest BCUT2D eigenvalue weighted by Crippen LogP contribution is 2.11. The van der Waals surface area contributed by atoms with Gasteiger partial charge in [-0.2, -0.15) is 0 Å². The predicted octanol–water partition coefficient (Wildman–Crippen LogP) is 1.93. The van der Waals surface area contributed by atoms with Gasteiger partial charge in [-0.3, -0.25) is 4.79 Å². The second-order valence-corrected chi connectivity index (χ2v) is 5.10. The highest BCUT2D eigenvalue weighted by atomic mass is 79.9. The van der Waals surface area contributed by atoms with Gasteiger partial charge in [0.05, 0.1) is 0 Å². The molecule has 15 heavy (non-hydrogen) atoms. The molecule has 1 saturated heterocycles. The molecule has 1 heterocycles. The van der Waals surface area contributed by atoms with Crippen molar-refractivity contribution in [3.63, 3.8) is 0 Å². The maximum Gasteiger partial charge on any atom is 0.220 e. The normalized spacial score (nSPS) is 21.0. The van der Waals surface area contributed by atoms with Crippen molar-refractivity contribution in [2.75, 3.05) is 13.1 Å². The molecule has 0 aromatic heterocycles. The summed E-state index contributed by atoms with van der Waals surface area (Å²) >= 11 is 3.21. The first-order valence-corrected chi connectivity index (χ1v) is 6.31. The first-order chi connectivity index (χ1) is 7.18. The number of amides is 1. The molecule has 1 rings (SSSR count). The van der Waals surface area contributed by atoms with E-state index in [1.54, 1.807) is 0 Å². The molecule has 0 aromatic rings. The molecular weight excluding hydrogens is 256 g/mol. The number of carbonyl (C=O) groups excluding carboxylic acids is 1. The molecule has 4 heteroatoms. The van der Waals surface area contributed by atoms with Crippen LogP contribution in [0.4, 0.5) is 0 Å². The van der Waals surface area contributed by atoms with Gasteiger partial charge in [0, 0.05) is 23.5 Å². The van der Waals surface area contributed by atoms with Gasteiger partial charge in [0.2, 0.25) is 5.91 Å². The summed E-state index contributed by atoms with van der Waals surface area (Å²) in [6.07, 6.45) is 5.32. The highest BCUT2D eigenvalue weighted by molar-refractivity contribution is 9.11. The monoisotopic (exact) mass is 274 g/mol. The maximum absolute atomic E-state index is 11.4. The van der Waals surface area contributed by atoms with Crippen LogP contribution in [0.3, 0.4) is 0 Å². The average molecular weight is 275 g/mol. The summed E-state index contributed by atoms with van der Waals surface area (Å²) in [7, 11) is 0. The van der Waals surface area contributed by atoms with E-state index in [0.29, 0.717) is 19.0 Å². The smallest absolute Gasteiger partial charge is 0.220 e. The highest BCUT2D eigenvalue weighted by Gasteiger charge is 2.13. The van der Waals surface area contributed by atoms with Crippen LogP contribution in [0.15, 0.2) is 11.1 Å². The Morgan fingerprint density at radius 2 is 2.33 bits per heavy atom. The molecule has 1 unspecified atom stereocenters. The molecular formula is C11H19BrN2O. The molecule has 1 amide bonds. The van der Waals surface area contributed by atoms with Crippen LogP contribution >= 0.6 is 15.9 Å². The van der Waals surface area contributed by atoms with Crippen molar-refractivity contribution in [1.82, 2.24) is 10.6 Å². The minimum Gasteiger partial charge on any atom is -0.352 e. The van der Waals surface area contributed by atoms with Crippen LogP contribution < -0.4 is 10.6 Å².